The van der Waals surface area contributed by atoms with Crippen LogP contribution in [0.4, 0.5) is 8.78 Å². The second-order valence-corrected chi connectivity index (χ2v) is 4.73. The van der Waals surface area contributed by atoms with Crippen LogP contribution in [0.2, 0.25) is 0 Å². The molecule has 2 atom stereocenters. The van der Waals surface area contributed by atoms with Crippen molar-refractivity contribution in [3.8, 4) is 0 Å². The van der Waals surface area contributed by atoms with Crippen LogP contribution in [0.1, 0.15) is 35.2 Å². The lowest BCUT2D eigenvalue weighted by molar-refractivity contribution is 0.0926. The molecule has 0 bridgehead atoms. The molecule has 2 rings (SSSR count). The highest BCUT2D eigenvalue weighted by atomic mass is 19.1. The Morgan fingerprint density at radius 1 is 1.39 bits per heavy atom. The van der Waals surface area contributed by atoms with Crippen LogP contribution in [-0.2, 0) is 0 Å². The van der Waals surface area contributed by atoms with Gasteiger partial charge in [-0.25, -0.2) is 8.78 Å². The van der Waals surface area contributed by atoms with E-state index in [-0.39, 0.29) is 17.6 Å². The van der Waals surface area contributed by atoms with Gasteiger partial charge in [0.05, 0.1) is 0 Å². The third-order valence-corrected chi connectivity index (χ3v) is 3.40. The number of hydrogen-bond donors (Lipinski definition) is 2. The molecule has 1 aromatic rings. The smallest absolute Gasteiger partial charge is 0.257 e. The van der Waals surface area contributed by atoms with Crippen molar-refractivity contribution in [2.24, 2.45) is 5.73 Å². The van der Waals surface area contributed by atoms with Crippen LogP contribution in [0.3, 0.4) is 0 Å². The Bertz CT molecular complexity index is 476. The molecule has 2 unspecified atom stereocenters. The molecule has 1 aliphatic carbocycles. The summed E-state index contributed by atoms with van der Waals surface area (Å²) in [7, 11) is 0. The number of benzene rings is 1. The van der Waals surface area contributed by atoms with Gasteiger partial charge in [-0.1, -0.05) is 6.07 Å². The Hall–Kier alpha value is -1.49. The third-order valence-electron chi connectivity index (χ3n) is 3.40. The molecule has 0 radical (unpaired) electrons. The Balaban J connectivity index is 2.21. The Morgan fingerprint density at radius 2 is 2.11 bits per heavy atom. The van der Waals surface area contributed by atoms with Crippen molar-refractivity contribution < 1.29 is 13.6 Å². The minimum atomic E-state index is -0.845. The first-order valence-corrected chi connectivity index (χ1v) is 6.01. The van der Waals surface area contributed by atoms with Gasteiger partial charge in [0.15, 0.2) is 0 Å². The zero-order chi connectivity index (χ0) is 13.3. The molecule has 3 nitrogen and oxygen atoms in total. The largest absolute Gasteiger partial charge is 0.348 e. The van der Waals surface area contributed by atoms with E-state index in [1.165, 1.54) is 13.0 Å². The highest BCUT2D eigenvalue weighted by Gasteiger charge is 2.28. The summed E-state index contributed by atoms with van der Waals surface area (Å²) in [5.74, 6) is -2.38. The number of aryl methyl sites for hydroxylation is 1. The summed E-state index contributed by atoms with van der Waals surface area (Å²) in [5, 5.41) is 2.61. The number of carbonyl (C=O) groups is 1. The molecule has 1 amide bonds. The first-order valence-electron chi connectivity index (χ1n) is 6.01. The molecular weight excluding hydrogens is 238 g/mol. The van der Waals surface area contributed by atoms with Crippen LogP contribution in [0, 0.1) is 18.6 Å². The average Bonchev–Trinajstić information content (AvgIpc) is 2.70. The van der Waals surface area contributed by atoms with Crippen molar-refractivity contribution in [3.63, 3.8) is 0 Å². The molecule has 3 N–H and O–H groups in total. The molecule has 0 aliphatic heterocycles. The first kappa shape index (κ1) is 13.0. The summed E-state index contributed by atoms with van der Waals surface area (Å²) in [6.45, 7) is 1.49. The topological polar surface area (TPSA) is 55.1 Å². The zero-order valence-corrected chi connectivity index (χ0v) is 10.2. The van der Waals surface area contributed by atoms with Gasteiger partial charge in [-0.05, 0) is 37.8 Å². The van der Waals surface area contributed by atoms with Crippen molar-refractivity contribution in [1.29, 1.82) is 0 Å². The summed E-state index contributed by atoms with van der Waals surface area (Å²) in [6.07, 6.45) is 2.50. The highest BCUT2D eigenvalue weighted by molar-refractivity contribution is 5.95. The molecule has 1 saturated carbocycles. The van der Waals surface area contributed by atoms with Crippen molar-refractivity contribution in [2.75, 3.05) is 0 Å². The van der Waals surface area contributed by atoms with E-state index in [1.807, 2.05) is 0 Å². The van der Waals surface area contributed by atoms with Crippen molar-refractivity contribution in [2.45, 2.75) is 38.3 Å². The summed E-state index contributed by atoms with van der Waals surface area (Å²) in [6, 6.07) is 2.08. The monoisotopic (exact) mass is 254 g/mol. The van der Waals surface area contributed by atoms with Gasteiger partial charge in [-0.2, -0.15) is 0 Å². The second-order valence-electron chi connectivity index (χ2n) is 4.73. The predicted octanol–water partition coefficient (Wildman–Crippen LogP) is 1.88. The van der Waals surface area contributed by atoms with Gasteiger partial charge in [0.2, 0.25) is 0 Å². The van der Waals surface area contributed by atoms with Gasteiger partial charge >= 0.3 is 0 Å². The third kappa shape index (κ3) is 2.36. The molecular formula is C13H16F2N2O. The highest BCUT2D eigenvalue weighted by Crippen LogP contribution is 2.20. The minimum absolute atomic E-state index is 0.134. The fraction of sp³-hybridized carbons (Fsp3) is 0.462. The van der Waals surface area contributed by atoms with E-state index < -0.39 is 23.1 Å². The second kappa shape index (κ2) is 5.02. The number of nitrogens with one attached hydrogen (secondary N) is 1. The number of carbonyl (C=O) groups excluding carboxylic acids is 1. The van der Waals surface area contributed by atoms with Gasteiger partial charge in [0.25, 0.3) is 5.91 Å². The lowest BCUT2D eigenvalue weighted by Gasteiger charge is -2.18. The van der Waals surface area contributed by atoms with Crippen LogP contribution < -0.4 is 11.1 Å². The lowest BCUT2D eigenvalue weighted by Crippen LogP contribution is -2.44. The SMILES string of the molecule is Cc1ccc(F)c(C(=O)NC2CCCC2N)c1F. The molecule has 0 aromatic heterocycles. The van der Waals surface area contributed by atoms with Gasteiger partial charge < -0.3 is 11.1 Å². The molecule has 1 fully saturated rings. The number of hydrogen-bond acceptors (Lipinski definition) is 2. The van der Waals surface area contributed by atoms with E-state index in [0.717, 1.165) is 25.3 Å². The van der Waals surface area contributed by atoms with Crippen LogP contribution in [0.5, 0.6) is 0 Å². The molecule has 18 heavy (non-hydrogen) atoms. The Labute approximate surface area is 104 Å². The van der Waals surface area contributed by atoms with Crippen LogP contribution in [0.25, 0.3) is 0 Å². The molecule has 5 heteroatoms. The molecule has 1 aliphatic rings. The first-order chi connectivity index (χ1) is 8.50. The van der Waals surface area contributed by atoms with E-state index in [4.69, 9.17) is 5.73 Å². The Kier molecular flexibility index (Phi) is 3.61. The van der Waals surface area contributed by atoms with Gasteiger partial charge in [0, 0.05) is 12.1 Å². The Morgan fingerprint density at radius 3 is 2.72 bits per heavy atom. The van der Waals surface area contributed by atoms with Gasteiger partial charge in [0.1, 0.15) is 17.2 Å². The van der Waals surface area contributed by atoms with Gasteiger partial charge in [-0.15, -0.1) is 0 Å². The summed E-state index contributed by atoms with van der Waals surface area (Å²) >= 11 is 0. The van der Waals surface area contributed by atoms with E-state index in [2.05, 4.69) is 5.32 Å². The number of amides is 1. The standard InChI is InChI=1S/C13H16F2N2O/c1-7-5-6-8(14)11(12(7)15)13(18)17-10-4-2-3-9(10)16/h5-6,9-10H,2-4,16H2,1H3,(H,17,18). The normalized spacial score (nSPS) is 23.1. The van der Waals surface area contributed by atoms with E-state index in [1.54, 1.807) is 0 Å². The fourth-order valence-electron chi connectivity index (χ4n) is 2.27. The van der Waals surface area contributed by atoms with Gasteiger partial charge in [-0.3, -0.25) is 4.79 Å². The summed E-state index contributed by atoms with van der Waals surface area (Å²) in [5.41, 5.74) is 5.54. The zero-order valence-electron chi connectivity index (χ0n) is 10.2. The van der Waals surface area contributed by atoms with Crippen LogP contribution >= 0.6 is 0 Å². The van der Waals surface area contributed by atoms with Crippen LogP contribution in [0.15, 0.2) is 12.1 Å². The van der Waals surface area contributed by atoms with E-state index in [9.17, 15) is 13.6 Å². The molecule has 1 aromatic carbocycles. The van der Waals surface area contributed by atoms with E-state index in [0.29, 0.717) is 0 Å². The fourth-order valence-corrected chi connectivity index (χ4v) is 2.27. The van der Waals surface area contributed by atoms with Crippen molar-refractivity contribution in [3.05, 3.63) is 34.9 Å². The van der Waals surface area contributed by atoms with E-state index >= 15 is 0 Å². The van der Waals surface area contributed by atoms with Crippen molar-refractivity contribution in [1.82, 2.24) is 5.32 Å². The molecule has 0 spiro atoms. The maximum Gasteiger partial charge on any atom is 0.257 e. The lowest BCUT2D eigenvalue weighted by atomic mass is 10.1. The molecule has 0 saturated heterocycles. The number of halogens is 2. The summed E-state index contributed by atoms with van der Waals surface area (Å²) < 4.78 is 27.3. The minimum Gasteiger partial charge on any atom is -0.348 e. The summed E-state index contributed by atoms with van der Waals surface area (Å²) in [4.78, 5) is 11.9. The quantitative estimate of drug-likeness (QED) is 0.846. The number of rotatable bonds is 2. The number of nitrogens with two attached hydrogens (primary N) is 1. The predicted molar refractivity (Wildman–Crippen MR) is 64.2 cm³/mol. The molecule has 0 heterocycles. The maximum absolute atomic E-state index is 13.8. The van der Waals surface area contributed by atoms with Crippen LogP contribution in [-0.4, -0.2) is 18.0 Å². The van der Waals surface area contributed by atoms with Crippen molar-refractivity contribution >= 4 is 5.91 Å². The maximum atomic E-state index is 13.8. The average molecular weight is 254 g/mol. The molecule has 98 valence electrons.